The minimum Gasteiger partial charge on any atom is -0.493 e. The van der Waals surface area contributed by atoms with Crippen LogP contribution in [0.25, 0.3) is 0 Å². The van der Waals surface area contributed by atoms with Crippen molar-refractivity contribution in [3.8, 4) is 11.5 Å². The van der Waals surface area contributed by atoms with E-state index in [4.69, 9.17) is 9.47 Å². The van der Waals surface area contributed by atoms with Crippen LogP contribution in [-0.2, 0) is 20.2 Å². The van der Waals surface area contributed by atoms with Crippen molar-refractivity contribution in [1.82, 2.24) is 14.7 Å². The summed E-state index contributed by atoms with van der Waals surface area (Å²) >= 11 is 0. The van der Waals surface area contributed by atoms with Crippen molar-refractivity contribution in [2.24, 2.45) is 7.05 Å². The Morgan fingerprint density at radius 1 is 1.11 bits per heavy atom. The molecule has 1 heterocycles. The lowest BCUT2D eigenvalue weighted by atomic mass is 10.1. The van der Waals surface area contributed by atoms with Gasteiger partial charge in [-0.2, -0.15) is 5.10 Å². The molecule has 0 N–H and O–H groups in total. The van der Waals surface area contributed by atoms with Crippen LogP contribution in [0.2, 0.25) is 0 Å². The second-order valence-corrected chi connectivity index (χ2v) is 6.28. The first-order valence-electron chi connectivity index (χ1n) is 8.65. The molecule has 0 fully saturated rings. The van der Waals surface area contributed by atoms with Crippen LogP contribution in [0.1, 0.15) is 21.6 Å². The minimum absolute atomic E-state index is 0.0557. The van der Waals surface area contributed by atoms with Crippen LogP contribution in [0.15, 0.2) is 60.8 Å². The van der Waals surface area contributed by atoms with E-state index in [2.05, 4.69) is 5.10 Å². The van der Waals surface area contributed by atoms with Gasteiger partial charge >= 0.3 is 0 Å². The number of hydrogen-bond donors (Lipinski definition) is 0. The molecule has 1 aromatic heterocycles. The molecule has 0 unspecified atom stereocenters. The summed E-state index contributed by atoms with van der Waals surface area (Å²) in [6.07, 6.45) is 1.86. The average Bonchev–Trinajstić information content (AvgIpc) is 3.10. The van der Waals surface area contributed by atoms with Crippen LogP contribution < -0.4 is 9.47 Å². The van der Waals surface area contributed by atoms with Gasteiger partial charge in [0.05, 0.1) is 19.3 Å². The number of para-hydroxylation sites is 2. The zero-order valence-electron chi connectivity index (χ0n) is 15.8. The highest BCUT2D eigenvalue weighted by atomic mass is 16.5. The van der Waals surface area contributed by atoms with Crippen molar-refractivity contribution in [2.45, 2.75) is 13.2 Å². The predicted octanol–water partition coefficient (Wildman–Crippen LogP) is 3.28. The van der Waals surface area contributed by atoms with Gasteiger partial charge in [0.1, 0.15) is 6.61 Å². The van der Waals surface area contributed by atoms with Crippen LogP contribution in [0.5, 0.6) is 11.5 Å². The molecule has 0 saturated heterocycles. The minimum atomic E-state index is -0.0557. The SMILES string of the molecule is COc1ccccc1OCc1cccc(C(=O)N(C)Cc2ccn(C)n2)c1. The summed E-state index contributed by atoms with van der Waals surface area (Å²) in [4.78, 5) is 14.4. The van der Waals surface area contributed by atoms with Crippen LogP contribution in [0.3, 0.4) is 0 Å². The Bertz CT molecular complexity index is 920. The summed E-state index contributed by atoms with van der Waals surface area (Å²) < 4.78 is 12.9. The van der Waals surface area contributed by atoms with Gasteiger partial charge in [0.25, 0.3) is 5.91 Å². The molecule has 0 saturated carbocycles. The topological polar surface area (TPSA) is 56.6 Å². The fourth-order valence-electron chi connectivity index (χ4n) is 2.78. The third-order valence-electron chi connectivity index (χ3n) is 4.15. The lowest BCUT2D eigenvalue weighted by Gasteiger charge is -2.16. The number of aromatic nitrogens is 2. The highest BCUT2D eigenvalue weighted by molar-refractivity contribution is 5.94. The molecule has 0 aliphatic carbocycles. The Kier molecular flexibility index (Phi) is 5.76. The molecule has 6 nitrogen and oxygen atoms in total. The molecule has 2 aromatic carbocycles. The van der Waals surface area contributed by atoms with Gasteiger partial charge in [0.15, 0.2) is 11.5 Å². The molecule has 0 aliphatic heterocycles. The van der Waals surface area contributed by atoms with E-state index in [9.17, 15) is 4.79 Å². The zero-order valence-corrected chi connectivity index (χ0v) is 15.8. The number of rotatable bonds is 7. The summed E-state index contributed by atoms with van der Waals surface area (Å²) in [6.45, 7) is 0.813. The second kappa shape index (κ2) is 8.40. The third-order valence-corrected chi connectivity index (χ3v) is 4.15. The molecule has 0 bridgehead atoms. The number of carbonyl (C=O) groups excluding carboxylic acids is 1. The average molecular weight is 365 g/mol. The predicted molar refractivity (Wildman–Crippen MR) is 103 cm³/mol. The largest absolute Gasteiger partial charge is 0.493 e. The molecule has 0 spiro atoms. The number of benzene rings is 2. The van der Waals surface area contributed by atoms with Gasteiger partial charge in [0.2, 0.25) is 0 Å². The highest BCUT2D eigenvalue weighted by Gasteiger charge is 2.14. The van der Waals surface area contributed by atoms with Crippen molar-refractivity contribution in [3.05, 3.63) is 77.6 Å². The van der Waals surface area contributed by atoms with Gasteiger partial charge in [-0.05, 0) is 35.9 Å². The maximum absolute atomic E-state index is 12.7. The normalized spacial score (nSPS) is 10.5. The molecular weight excluding hydrogens is 342 g/mol. The van der Waals surface area contributed by atoms with E-state index in [1.807, 2.05) is 67.8 Å². The number of carbonyl (C=O) groups is 1. The van der Waals surface area contributed by atoms with E-state index in [1.165, 1.54) is 0 Å². The van der Waals surface area contributed by atoms with Crippen LogP contribution in [0.4, 0.5) is 0 Å². The molecule has 0 atom stereocenters. The second-order valence-electron chi connectivity index (χ2n) is 6.28. The number of amides is 1. The lowest BCUT2D eigenvalue weighted by molar-refractivity contribution is 0.0783. The summed E-state index contributed by atoms with van der Waals surface area (Å²) in [6, 6.07) is 16.9. The number of methoxy groups -OCH3 is 1. The van der Waals surface area contributed by atoms with E-state index in [0.29, 0.717) is 30.2 Å². The molecule has 3 rings (SSSR count). The Morgan fingerprint density at radius 3 is 2.59 bits per heavy atom. The molecular formula is C21H23N3O3. The fraction of sp³-hybridized carbons (Fsp3) is 0.238. The highest BCUT2D eigenvalue weighted by Crippen LogP contribution is 2.26. The first kappa shape index (κ1) is 18.5. The fourth-order valence-corrected chi connectivity index (χ4v) is 2.78. The van der Waals surface area contributed by atoms with E-state index in [-0.39, 0.29) is 5.91 Å². The summed E-state index contributed by atoms with van der Waals surface area (Å²) in [5, 5.41) is 4.31. The van der Waals surface area contributed by atoms with E-state index in [0.717, 1.165) is 11.3 Å². The first-order valence-corrected chi connectivity index (χ1v) is 8.65. The van der Waals surface area contributed by atoms with Gasteiger partial charge in [-0.25, -0.2) is 0 Å². The van der Waals surface area contributed by atoms with Crippen molar-refractivity contribution < 1.29 is 14.3 Å². The van der Waals surface area contributed by atoms with Gasteiger partial charge in [-0.15, -0.1) is 0 Å². The van der Waals surface area contributed by atoms with Gasteiger partial charge in [-0.1, -0.05) is 24.3 Å². The maximum atomic E-state index is 12.7. The zero-order chi connectivity index (χ0) is 19.2. The molecule has 27 heavy (non-hydrogen) atoms. The Balaban J connectivity index is 1.66. The van der Waals surface area contributed by atoms with Crippen molar-refractivity contribution in [1.29, 1.82) is 0 Å². The monoisotopic (exact) mass is 365 g/mol. The van der Waals surface area contributed by atoms with E-state index >= 15 is 0 Å². The quantitative estimate of drug-likeness (QED) is 0.645. The van der Waals surface area contributed by atoms with Crippen molar-refractivity contribution >= 4 is 5.91 Å². The van der Waals surface area contributed by atoms with E-state index < -0.39 is 0 Å². The van der Waals surface area contributed by atoms with Crippen molar-refractivity contribution in [2.75, 3.05) is 14.2 Å². The van der Waals surface area contributed by atoms with Crippen LogP contribution in [0, 0.1) is 0 Å². The molecule has 3 aromatic rings. The van der Waals surface area contributed by atoms with Crippen molar-refractivity contribution in [3.63, 3.8) is 0 Å². The first-order chi connectivity index (χ1) is 13.1. The Labute approximate surface area is 158 Å². The van der Waals surface area contributed by atoms with Crippen LogP contribution in [-0.4, -0.2) is 34.7 Å². The Hall–Kier alpha value is -3.28. The molecule has 6 heteroatoms. The number of aryl methyl sites for hydroxylation is 1. The summed E-state index contributed by atoms with van der Waals surface area (Å²) in [7, 11) is 5.24. The van der Waals surface area contributed by atoms with Gasteiger partial charge < -0.3 is 14.4 Å². The molecule has 0 radical (unpaired) electrons. The van der Waals surface area contributed by atoms with Gasteiger partial charge in [0, 0.05) is 25.9 Å². The van der Waals surface area contributed by atoms with Gasteiger partial charge in [-0.3, -0.25) is 9.48 Å². The third kappa shape index (κ3) is 4.67. The number of ether oxygens (including phenoxy) is 2. The molecule has 140 valence electrons. The Morgan fingerprint density at radius 2 is 1.89 bits per heavy atom. The smallest absolute Gasteiger partial charge is 0.253 e. The number of nitrogens with zero attached hydrogens (tertiary/aromatic N) is 3. The summed E-state index contributed by atoms with van der Waals surface area (Å²) in [5.41, 5.74) is 2.39. The summed E-state index contributed by atoms with van der Waals surface area (Å²) in [5.74, 6) is 1.30. The number of hydrogen-bond acceptors (Lipinski definition) is 4. The van der Waals surface area contributed by atoms with Crippen LogP contribution >= 0.6 is 0 Å². The maximum Gasteiger partial charge on any atom is 0.253 e. The lowest BCUT2D eigenvalue weighted by Crippen LogP contribution is -2.26. The standard InChI is InChI=1S/C21H23N3O3/c1-23(14-18-11-12-24(2)22-18)21(25)17-8-6-7-16(13-17)15-27-20-10-5-4-9-19(20)26-3/h4-13H,14-15H2,1-3H3. The molecule has 1 amide bonds. The molecule has 0 aliphatic rings. The van der Waals surface area contributed by atoms with E-state index in [1.54, 1.807) is 23.7 Å².